The fourth-order valence-corrected chi connectivity index (χ4v) is 2.88. The van der Waals surface area contributed by atoms with E-state index < -0.39 is 4.92 Å². The highest BCUT2D eigenvalue weighted by Gasteiger charge is 2.19. The molecule has 1 heterocycles. The molecule has 0 saturated heterocycles. The third-order valence-corrected chi connectivity index (χ3v) is 4.23. The van der Waals surface area contributed by atoms with Gasteiger partial charge in [0.2, 0.25) is 0 Å². The van der Waals surface area contributed by atoms with Gasteiger partial charge in [-0.2, -0.15) is 5.10 Å². The van der Waals surface area contributed by atoms with Crippen LogP contribution in [0.2, 0.25) is 5.02 Å². The summed E-state index contributed by atoms with van der Waals surface area (Å²) in [5.74, 6) is 0.677. The van der Waals surface area contributed by atoms with E-state index in [0.717, 1.165) is 18.0 Å². The van der Waals surface area contributed by atoms with Crippen LogP contribution in [0.1, 0.15) is 19.4 Å². The largest absolute Gasteiger partial charge is 0.356 e. The van der Waals surface area contributed by atoms with Crippen molar-refractivity contribution in [2.24, 2.45) is 10.4 Å². The van der Waals surface area contributed by atoms with E-state index in [1.165, 1.54) is 22.6 Å². The van der Waals surface area contributed by atoms with E-state index in [1.807, 2.05) is 18.2 Å². The van der Waals surface area contributed by atoms with Crippen LogP contribution in [0.3, 0.4) is 0 Å². The lowest BCUT2D eigenvalue weighted by Crippen LogP contribution is -2.43. The number of benzene rings is 1. The Morgan fingerprint density at radius 3 is 2.75 bits per heavy atom. The second-order valence-corrected chi connectivity index (χ2v) is 7.48. The normalized spacial score (nSPS) is 11.6. The standard InChI is InChI=1S/C18H25ClN6O2.HI/c1-18(2,10-14-5-4-6-15(19)9-14)13-22-17(20-3)21-7-8-24-12-16(11-23-24)25(26)27;/h4-6,9,11-12H,7-8,10,13H2,1-3H3,(H2,20,21,22);1H. The monoisotopic (exact) mass is 520 g/mol. The van der Waals surface area contributed by atoms with Gasteiger partial charge in [-0.05, 0) is 29.5 Å². The van der Waals surface area contributed by atoms with E-state index in [-0.39, 0.29) is 35.1 Å². The number of hydrogen-bond acceptors (Lipinski definition) is 4. The minimum absolute atomic E-state index is 0. The lowest BCUT2D eigenvalue weighted by molar-refractivity contribution is -0.385. The van der Waals surface area contributed by atoms with Crippen molar-refractivity contribution >= 4 is 47.2 Å². The summed E-state index contributed by atoms with van der Waals surface area (Å²) < 4.78 is 1.53. The van der Waals surface area contributed by atoms with E-state index in [9.17, 15) is 10.1 Å². The van der Waals surface area contributed by atoms with E-state index in [4.69, 9.17) is 11.6 Å². The average Bonchev–Trinajstić information content (AvgIpc) is 3.06. The quantitative estimate of drug-likeness (QED) is 0.183. The first-order valence-corrected chi connectivity index (χ1v) is 9.03. The molecule has 2 N–H and O–H groups in total. The molecule has 1 aromatic carbocycles. The van der Waals surface area contributed by atoms with Crippen LogP contribution in [0.4, 0.5) is 5.69 Å². The Morgan fingerprint density at radius 2 is 2.14 bits per heavy atom. The second kappa shape index (κ2) is 11.2. The number of halogens is 2. The van der Waals surface area contributed by atoms with Gasteiger partial charge in [0.25, 0.3) is 0 Å². The zero-order valence-electron chi connectivity index (χ0n) is 16.2. The Hall–Kier alpha value is -1.88. The zero-order chi connectivity index (χ0) is 19.9. The average molecular weight is 521 g/mol. The third-order valence-electron chi connectivity index (χ3n) is 3.99. The summed E-state index contributed by atoms with van der Waals surface area (Å²) in [5.41, 5.74) is 1.18. The van der Waals surface area contributed by atoms with Crippen LogP contribution < -0.4 is 10.6 Å². The highest BCUT2D eigenvalue weighted by Crippen LogP contribution is 2.22. The van der Waals surface area contributed by atoms with Gasteiger partial charge in [-0.3, -0.25) is 19.8 Å². The maximum Gasteiger partial charge on any atom is 0.306 e. The predicted molar refractivity (Wildman–Crippen MR) is 123 cm³/mol. The topological polar surface area (TPSA) is 97.4 Å². The van der Waals surface area contributed by atoms with E-state index in [2.05, 4.69) is 40.6 Å². The fourth-order valence-electron chi connectivity index (χ4n) is 2.66. The summed E-state index contributed by atoms with van der Waals surface area (Å²) in [5, 5.41) is 21.9. The molecule has 28 heavy (non-hydrogen) atoms. The van der Waals surface area contributed by atoms with Gasteiger partial charge in [-0.25, -0.2) is 0 Å². The Balaban J connectivity index is 0.00000392. The maximum atomic E-state index is 10.7. The lowest BCUT2D eigenvalue weighted by atomic mass is 9.86. The van der Waals surface area contributed by atoms with E-state index >= 15 is 0 Å². The molecule has 154 valence electrons. The minimum Gasteiger partial charge on any atom is -0.356 e. The number of aliphatic imine (C=N–C) groups is 1. The molecule has 0 fully saturated rings. The van der Waals surface area contributed by atoms with Crippen molar-refractivity contribution in [2.75, 3.05) is 20.1 Å². The molecule has 0 atom stereocenters. The summed E-state index contributed by atoms with van der Waals surface area (Å²) in [6, 6.07) is 7.89. The molecule has 0 radical (unpaired) electrons. The molecule has 0 spiro atoms. The molecular formula is C18H26ClIN6O2. The number of rotatable bonds is 8. The SMILES string of the molecule is CN=C(NCCn1cc([N+](=O)[O-])cn1)NCC(C)(C)Cc1cccc(Cl)c1.I. The highest BCUT2D eigenvalue weighted by atomic mass is 127. The van der Waals surface area contributed by atoms with Crippen LogP contribution in [0, 0.1) is 15.5 Å². The number of nitro groups is 1. The van der Waals surface area contributed by atoms with Crippen molar-refractivity contribution in [3.05, 3.63) is 57.4 Å². The minimum atomic E-state index is -0.459. The summed E-state index contributed by atoms with van der Waals surface area (Å²) in [7, 11) is 1.71. The number of nitrogens with one attached hydrogen (secondary N) is 2. The van der Waals surface area contributed by atoms with Gasteiger partial charge < -0.3 is 10.6 Å². The lowest BCUT2D eigenvalue weighted by Gasteiger charge is -2.26. The summed E-state index contributed by atoms with van der Waals surface area (Å²) >= 11 is 6.06. The van der Waals surface area contributed by atoms with Crippen LogP contribution in [0.5, 0.6) is 0 Å². The van der Waals surface area contributed by atoms with Gasteiger partial charge in [0.15, 0.2) is 5.96 Å². The molecule has 0 aliphatic carbocycles. The highest BCUT2D eigenvalue weighted by molar-refractivity contribution is 14.0. The van der Waals surface area contributed by atoms with Crippen molar-refractivity contribution in [1.82, 2.24) is 20.4 Å². The first-order valence-electron chi connectivity index (χ1n) is 8.65. The van der Waals surface area contributed by atoms with Crippen LogP contribution in [-0.2, 0) is 13.0 Å². The molecule has 0 amide bonds. The molecule has 0 bridgehead atoms. The second-order valence-electron chi connectivity index (χ2n) is 7.04. The van der Waals surface area contributed by atoms with Crippen molar-refractivity contribution < 1.29 is 4.92 Å². The fraction of sp³-hybridized carbons (Fsp3) is 0.444. The zero-order valence-corrected chi connectivity index (χ0v) is 19.3. The number of guanidine groups is 1. The molecule has 0 aliphatic heterocycles. The number of nitrogens with zero attached hydrogens (tertiary/aromatic N) is 4. The first kappa shape index (κ1) is 24.2. The summed E-state index contributed by atoms with van der Waals surface area (Å²) in [6.45, 7) is 6.13. The number of hydrogen-bond donors (Lipinski definition) is 2. The van der Waals surface area contributed by atoms with Gasteiger partial charge in [-0.1, -0.05) is 37.6 Å². The molecule has 2 rings (SSSR count). The van der Waals surface area contributed by atoms with Gasteiger partial charge in [0, 0.05) is 25.2 Å². The number of aromatic nitrogens is 2. The van der Waals surface area contributed by atoms with Crippen molar-refractivity contribution in [3.63, 3.8) is 0 Å². The van der Waals surface area contributed by atoms with Gasteiger partial charge in [-0.15, -0.1) is 24.0 Å². The van der Waals surface area contributed by atoms with Gasteiger partial charge >= 0.3 is 5.69 Å². The molecule has 0 aliphatic rings. The predicted octanol–water partition coefficient (Wildman–Crippen LogP) is 3.50. The summed E-state index contributed by atoms with van der Waals surface area (Å²) in [6.07, 6.45) is 3.53. The van der Waals surface area contributed by atoms with Crippen molar-refractivity contribution in [2.45, 2.75) is 26.8 Å². The first-order chi connectivity index (χ1) is 12.8. The van der Waals surface area contributed by atoms with Crippen molar-refractivity contribution in [3.8, 4) is 0 Å². The third kappa shape index (κ3) is 8.01. The summed E-state index contributed by atoms with van der Waals surface area (Å²) in [4.78, 5) is 14.4. The molecule has 0 saturated carbocycles. The Morgan fingerprint density at radius 1 is 1.39 bits per heavy atom. The van der Waals surface area contributed by atoms with Gasteiger partial charge in [0.1, 0.15) is 12.4 Å². The Labute approximate surface area is 186 Å². The van der Waals surface area contributed by atoms with E-state index in [1.54, 1.807) is 7.05 Å². The van der Waals surface area contributed by atoms with Gasteiger partial charge in [0.05, 0.1) is 11.5 Å². The van der Waals surface area contributed by atoms with E-state index in [0.29, 0.717) is 19.0 Å². The molecule has 1 aromatic heterocycles. The molecular weight excluding hydrogens is 495 g/mol. The molecule has 0 unspecified atom stereocenters. The molecule has 2 aromatic rings. The Kier molecular flexibility index (Phi) is 9.66. The molecule has 8 nitrogen and oxygen atoms in total. The van der Waals surface area contributed by atoms with Crippen LogP contribution in [0.15, 0.2) is 41.7 Å². The van der Waals surface area contributed by atoms with Crippen LogP contribution in [-0.4, -0.2) is 40.8 Å². The van der Waals surface area contributed by atoms with Crippen LogP contribution >= 0.6 is 35.6 Å². The Bertz CT molecular complexity index is 809. The van der Waals surface area contributed by atoms with Crippen molar-refractivity contribution in [1.29, 1.82) is 0 Å². The maximum absolute atomic E-state index is 10.7. The van der Waals surface area contributed by atoms with Crippen LogP contribution in [0.25, 0.3) is 0 Å². The molecule has 10 heteroatoms. The smallest absolute Gasteiger partial charge is 0.306 e.